The Kier molecular flexibility index (Phi) is 4.87. The summed E-state index contributed by atoms with van der Waals surface area (Å²) in [5.41, 5.74) is 0. The van der Waals surface area contributed by atoms with E-state index in [4.69, 9.17) is 4.74 Å². The van der Waals surface area contributed by atoms with Gasteiger partial charge in [0, 0.05) is 18.5 Å². The molecule has 2 amide bonds. The van der Waals surface area contributed by atoms with Crippen LogP contribution in [0.2, 0.25) is 0 Å². The van der Waals surface area contributed by atoms with Crippen LogP contribution in [0.1, 0.15) is 51.9 Å². The van der Waals surface area contributed by atoms with Crippen LogP contribution in [0.15, 0.2) is 0 Å². The molecular formula is C17H26N2O4. The smallest absolute Gasteiger partial charge is 0.308 e. The Morgan fingerprint density at radius 2 is 1.83 bits per heavy atom. The van der Waals surface area contributed by atoms with Crippen LogP contribution in [-0.2, 0) is 19.1 Å². The lowest BCUT2D eigenvalue weighted by Gasteiger charge is -2.25. The number of rotatable bonds is 5. The molecule has 1 saturated heterocycles. The van der Waals surface area contributed by atoms with Gasteiger partial charge in [-0.15, -0.1) is 0 Å². The number of ether oxygens (including phenoxy) is 1. The van der Waals surface area contributed by atoms with Gasteiger partial charge in [-0.2, -0.15) is 0 Å². The SMILES string of the molecule is CCOC(=O)[C@@H]1CC[C@H](NC(=O)C2CCCN2C(=O)C2CC2)C1. The van der Waals surface area contributed by atoms with E-state index < -0.39 is 0 Å². The van der Waals surface area contributed by atoms with Crippen LogP contribution in [0.4, 0.5) is 0 Å². The molecular weight excluding hydrogens is 296 g/mol. The van der Waals surface area contributed by atoms with Gasteiger partial charge in [0.25, 0.3) is 0 Å². The van der Waals surface area contributed by atoms with Crippen LogP contribution >= 0.6 is 0 Å². The molecule has 1 heterocycles. The number of likely N-dealkylation sites (tertiary alicyclic amines) is 1. The lowest BCUT2D eigenvalue weighted by atomic mass is 10.1. The number of hydrogen-bond acceptors (Lipinski definition) is 4. The van der Waals surface area contributed by atoms with E-state index in [2.05, 4.69) is 5.32 Å². The highest BCUT2D eigenvalue weighted by atomic mass is 16.5. The standard InChI is InChI=1S/C17H26N2O4/c1-2-23-17(22)12-7-8-13(10-12)18-15(20)14-4-3-9-19(14)16(21)11-5-6-11/h11-14H,2-10H2,1H3,(H,18,20)/t12-,13+,14?/m1/s1. The number of nitrogens with one attached hydrogen (secondary N) is 1. The monoisotopic (exact) mass is 322 g/mol. The lowest BCUT2D eigenvalue weighted by Crippen LogP contribution is -2.48. The van der Waals surface area contributed by atoms with Gasteiger partial charge in [-0.25, -0.2) is 0 Å². The average Bonchev–Trinajstić information content (AvgIpc) is 3.08. The maximum absolute atomic E-state index is 12.5. The van der Waals surface area contributed by atoms with Crippen molar-refractivity contribution in [3.8, 4) is 0 Å². The van der Waals surface area contributed by atoms with E-state index in [1.807, 2.05) is 0 Å². The zero-order chi connectivity index (χ0) is 16.4. The molecule has 1 aliphatic heterocycles. The molecule has 128 valence electrons. The molecule has 2 aliphatic carbocycles. The molecule has 0 spiro atoms. The van der Waals surface area contributed by atoms with Crippen molar-refractivity contribution in [1.82, 2.24) is 10.2 Å². The van der Waals surface area contributed by atoms with Crippen LogP contribution in [0.5, 0.6) is 0 Å². The minimum Gasteiger partial charge on any atom is -0.466 e. The number of nitrogens with zero attached hydrogens (tertiary/aromatic N) is 1. The summed E-state index contributed by atoms with van der Waals surface area (Å²) in [7, 11) is 0. The molecule has 6 heteroatoms. The highest BCUT2D eigenvalue weighted by Crippen LogP contribution is 2.34. The first-order valence-electron chi connectivity index (χ1n) is 8.87. The third-order valence-electron chi connectivity index (χ3n) is 5.16. The third-order valence-corrected chi connectivity index (χ3v) is 5.16. The van der Waals surface area contributed by atoms with E-state index in [-0.39, 0.29) is 41.7 Å². The molecule has 23 heavy (non-hydrogen) atoms. The van der Waals surface area contributed by atoms with Crippen molar-refractivity contribution in [2.24, 2.45) is 11.8 Å². The second-order valence-electron chi connectivity index (χ2n) is 6.93. The van der Waals surface area contributed by atoms with E-state index in [1.165, 1.54) is 0 Å². The summed E-state index contributed by atoms with van der Waals surface area (Å²) in [6.45, 7) is 2.90. The van der Waals surface area contributed by atoms with E-state index in [0.717, 1.165) is 38.5 Å². The Morgan fingerprint density at radius 3 is 2.52 bits per heavy atom. The summed E-state index contributed by atoms with van der Waals surface area (Å²) in [5, 5.41) is 3.05. The summed E-state index contributed by atoms with van der Waals surface area (Å²) in [5.74, 6) is -0.00349. The Balaban J connectivity index is 1.51. The Labute approximate surface area is 136 Å². The molecule has 6 nitrogen and oxygen atoms in total. The average molecular weight is 322 g/mol. The maximum Gasteiger partial charge on any atom is 0.308 e. The van der Waals surface area contributed by atoms with Gasteiger partial charge in [-0.3, -0.25) is 14.4 Å². The molecule has 3 aliphatic rings. The molecule has 0 bridgehead atoms. The Hall–Kier alpha value is -1.59. The zero-order valence-corrected chi connectivity index (χ0v) is 13.8. The van der Waals surface area contributed by atoms with E-state index in [0.29, 0.717) is 19.6 Å². The fourth-order valence-electron chi connectivity index (χ4n) is 3.75. The van der Waals surface area contributed by atoms with Gasteiger partial charge in [0.05, 0.1) is 12.5 Å². The lowest BCUT2D eigenvalue weighted by molar-refractivity contribution is -0.147. The third kappa shape index (κ3) is 3.67. The summed E-state index contributed by atoms with van der Waals surface area (Å²) >= 11 is 0. The number of hydrogen-bond donors (Lipinski definition) is 1. The molecule has 1 N–H and O–H groups in total. The minimum absolute atomic E-state index is 0.0235. The highest BCUT2D eigenvalue weighted by molar-refractivity contribution is 5.90. The molecule has 3 rings (SSSR count). The van der Waals surface area contributed by atoms with Gasteiger partial charge in [0.1, 0.15) is 6.04 Å². The van der Waals surface area contributed by atoms with Crippen molar-refractivity contribution in [3.63, 3.8) is 0 Å². The molecule has 1 unspecified atom stereocenters. The predicted octanol–water partition coefficient (Wildman–Crippen LogP) is 1.24. The van der Waals surface area contributed by atoms with Crippen molar-refractivity contribution in [2.75, 3.05) is 13.2 Å². The van der Waals surface area contributed by atoms with Crippen LogP contribution in [0.25, 0.3) is 0 Å². The van der Waals surface area contributed by atoms with E-state index >= 15 is 0 Å². The van der Waals surface area contributed by atoms with Gasteiger partial charge < -0.3 is 15.0 Å². The number of carbonyl (C=O) groups is 3. The van der Waals surface area contributed by atoms with Crippen molar-refractivity contribution in [3.05, 3.63) is 0 Å². The molecule has 0 radical (unpaired) electrons. The van der Waals surface area contributed by atoms with E-state index in [9.17, 15) is 14.4 Å². The van der Waals surface area contributed by atoms with Crippen molar-refractivity contribution < 1.29 is 19.1 Å². The summed E-state index contributed by atoms with van der Waals surface area (Å²) in [4.78, 5) is 38.3. The maximum atomic E-state index is 12.5. The minimum atomic E-state index is -0.315. The van der Waals surface area contributed by atoms with Crippen LogP contribution < -0.4 is 5.32 Å². The normalized spacial score (nSPS) is 30.3. The molecule has 2 saturated carbocycles. The fraction of sp³-hybridized carbons (Fsp3) is 0.824. The first kappa shape index (κ1) is 16.3. The van der Waals surface area contributed by atoms with Crippen LogP contribution in [0.3, 0.4) is 0 Å². The van der Waals surface area contributed by atoms with Gasteiger partial charge >= 0.3 is 5.97 Å². The first-order chi connectivity index (χ1) is 11.1. The number of amides is 2. The second kappa shape index (κ2) is 6.89. The number of carbonyl (C=O) groups excluding carboxylic acids is 3. The highest BCUT2D eigenvalue weighted by Gasteiger charge is 2.41. The van der Waals surface area contributed by atoms with Crippen LogP contribution in [-0.4, -0.2) is 47.9 Å². The summed E-state index contributed by atoms with van der Waals surface area (Å²) in [6, 6.07) is -0.292. The van der Waals surface area contributed by atoms with Crippen molar-refractivity contribution in [2.45, 2.75) is 64.0 Å². The van der Waals surface area contributed by atoms with Crippen LogP contribution in [0, 0.1) is 11.8 Å². The summed E-state index contributed by atoms with van der Waals surface area (Å²) in [6.07, 6.45) is 5.79. The van der Waals surface area contributed by atoms with Crippen molar-refractivity contribution in [1.29, 1.82) is 0 Å². The quantitative estimate of drug-likeness (QED) is 0.773. The molecule has 0 aromatic heterocycles. The largest absolute Gasteiger partial charge is 0.466 e. The molecule has 0 aromatic rings. The molecule has 3 fully saturated rings. The zero-order valence-electron chi connectivity index (χ0n) is 13.8. The second-order valence-corrected chi connectivity index (χ2v) is 6.93. The first-order valence-corrected chi connectivity index (χ1v) is 8.87. The Bertz CT molecular complexity index is 489. The summed E-state index contributed by atoms with van der Waals surface area (Å²) < 4.78 is 5.06. The van der Waals surface area contributed by atoms with Crippen molar-refractivity contribution >= 4 is 17.8 Å². The predicted molar refractivity (Wildman–Crippen MR) is 83.4 cm³/mol. The van der Waals surface area contributed by atoms with Gasteiger partial charge in [0.2, 0.25) is 11.8 Å². The fourth-order valence-corrected chi connectivity index (χ4v) is 3.75. The topological polar surface area (TPSA) is 75.7 Å². The van der Waals surface area contributed by atoms with Gasteiger partial charge in [0.15, 0.2) is 0 Å². The van der Waals surface area contributed by atoms with Gasteiger partial charge in [-0.1, -0.05) is 0 Å². The van der Waals surface area contributed by atoms with Gasteiger partial charge in [-0.05, 0) is 51.9 Å². The number of esters is 1. The molecule has 0 aromatic carbocycles. The van der Waals surface area contributed by atoms with E-state index in [1.54, 1.807) is 11.8 Å². The molecule has 3 atom stereocenters. The Morgan fingerprint density at radius 1 is 1.09 bits per heavy atom.